The van der Waals surface area contributed by atoms with Crippen LogP contribution in [0.15, 0.2) is 17.0 Å². The van der Waals surface area contributed by atoms with E-state index in [2.05, 4.69) is 0 Å². The predicted octanol–water partition coefficient (Wildman–Crippen LogP) is 1.26. The van der Waals surface area contributed by atoms with Gasteiger partial charge in [-0.2, -0.15) is 0 Å². The Morgan fingerprint density at radius 3 is 2.68 bits per heavy atom. The number of methoxy groups -OCH3 is 1. The van der Waals surface area contributed by atoms with Gasteiger partial charge in [-0.3, -0.25) is 0 Å². The zero-order valence-corrected chi connectivity index (χ0v) is 12.1. The third kappa shape index (κ3) is 2.32. The van der Waals surface area contributed by atoms with Crippen molar-refractivity contribution in [3.63, 3.8) is 0 Å². The van der Waals surface area contributed by atoms with Crippen LogP contribution >= 0.6 is 0 Å². The lowest BCUT2D eigenvalue weighted by atomic mass is 10.0. The molecule has 0 amide bonds. The molecule has 1 aromatic carbocycles. The molecule has 0 unspecified atom stereocenters. The van der Waals surface area contributed by atoms with Crippen LogP contribution in [0.25, 0.3) is 0 Å². The van der Waals surface area contributed by atoms with Gasteiger partial charge in [0.2, 0.25) is 0 Å². The highest BCUT2D eigenvalue weighted by Crippen LogP contribution is 2.33. The molecule has 0 atom stereocenters. The molecular weight excluding hydrogens is 266 g/mol. The summed E-state index contributed by atoms with van der Waals surface area (Å²) in [4.78, 5) is 13.9. The molecule has 0 spiro atoms. The first-order valence-corrected chi connectivity index (χ1v) is 7.75. The molecule has 1 aliphatic heterocycles. The number of fused-ring (bicyclic) bond motifs is 1. The number of hydrogen-bond donors (Lipinski definition) is 0. The third-order valence-electron chi connectivity index (χ3n) is 3.41. The highest BCUT2D eigenvalue weighted by atomic mass is 32.2. The van der Waals surface area contributed by atoms with Crippen molar-refractivity contribution in [2.24, 2.45) is 0 Å². The van der Waals surface area contributed by atoms with Crippen LogP contribution < -0.4 is 4.90 Å². The van der Waals surface area contributed by atoms with Crippen molar-refractivity contribution in [2.45, 2.75) is 18.2 Å². The van der Waals surface area contributed by atoms with Crippen molar-refractivity contribution in [1.82, 2.24) is 0 Å². The minimum Gasteiger partial charge on any atom is -0.465 e. The fourth-order valence-corrected chi connectivity index (χ4v) is 3.80. The molecule has 1 aliphatic rings. The Bertz CT molecular complexity index is 622. The van der Waals surface area contributed by atoms with Crippen LogP contribution in [0.3, 0.4) is 0 Å². The van der Waals surface area contributed by atoms with Crippen molar-refractivity contribution in [3.8, 4) is 0 Å². The van der Waals surface area contributed by atoms with E-state index < -0.39 is 15.8 Å². The van der Waals surface area contributed by atoms with Gasteiger partial charge in [0.25, 0.3) is 0 Å². The standard InChI is InChI=1S/C13H17NO4S/c1-4-9-7-11-12(8-10(9)13(15)18-3)19(16,17)6-5-14(11)2/h7-8H,4-6H2,1-3H3. The smallest absolute Gasteiger partial charge is 0.338 e. The van der Waals surface area contributed by atoms with Crippen molar-refractivity contribution in [1.29, 1.82) is 0 Å². The minimum absolute atomic E-state index is 0.0720. The zero-order valence-electron chi connectivity index (χ0n) is 11.3. The van der Waals surface area contributed by atoms with Gasteiger partial charge < -0.3 is 9.64 Å². The van der Waals surface area contributed by atoms with Crippen LogP contribution in [0.2, 0.25) is 0 Å². The number of rotatable bonds is 2. The maximum Gasteiger partial charge on any atom is 0.338 e. The van der Waals surface area contributed by atoms with E-state index in [1.165, 1.54) is 13.2 Å². The molecule has 0 saturated carbocycles. The van der Waals surface area contributed by atoms with E-state index in [9.17, 15) is 13.2 Å². The van der Waals surface area contributed by atoms with E-state index in [-0.39, 0.29) is 10.6 Å². The van der Waals surface area contributed by atoms with Gasteiger partial charge in [-0.15, -0.1) is 0 Å². The largest absolute Gasteiger partial charge is 0.465 e. The molecule has 1 aromatic rings. The lowest BCUT2D eigenvalue weighted by molar-refractivity contribution is 0.0599. The molecule has 0 saturated heterocycles. The number of carbonyl (C=O) groups is 1. The van der Waals surface area contributed by atoms with Gasteiger partial charge in [0.15, 0.2) is 9.84 Å². The Morgan fingerprint density at radius 2 is 2.11 bits per heavy atom. The van der Waals surface area contributed by atoms with Gasteiger partial charge in [-0.1, -0.05) is 6.92 Å². The number of nitrogens with zero attached hydrogens (tertiary/aromatic N) is 1. The van der Waals surface area contributed by atoms with Crippen LogP contribution in [0.4, 0.5) is 5.69 Å². The molecule has 0 aromatic heterocycles. The van der Waals surface area contributed by atoms with Gasteiger partial charge in [0.05, 0.1) is 29.0 Å². The predicted molar refractivity (Wildman–Crippen MR) is 72.5 cm³/mol. The fraction of sp³-hybridized carbons (Fsp3) is 0.462. The lowest BCUT2D eigenvalue weighted by Gasteiger charge is -2.28. The van der Waals surface area contributed by atoms with Crippen molar-refractivity contribution >= 4 is 21.5 Å². The number of ether oxygens (including phenoxy) is 1. The molecule has 104 valence electrons. The molecule has 0 fully saturated rings. The SMILES string of the molecule is CCc1cc2c(cc1C(=O)OC)S(=O)(=O)CCN2C. The second-order valence-corrected chi connectivity index (χ2v) is 6.64. The summed E-state index contributed by atoms with van der Waals surface area (Å²) in [5, 5.41) is 0. The Balaban J connectivity index is 2.71. The summed E-state index contributed by atoms with van der Waals surface area (Å²) in [6, 6.07) is 3.23. The maximum atomic E-state index is 12.1. The van der Waals surface area contributed by atoms with E-state index in [1.807, 2.05) is 18.9 Å². The average Bonchev–Trinajstić information content (AvgIpc) is 2.41. The summed E-state index contributed by atoms with van der Waals surface area (Å²) in [6.45, 7) is 2.39. The highest BCUT2D eigenvalue weighted by molar-refractivity contribution is 7.91. The number of hydrogen-bond acceptors (Lipinski definition) is 5. The topological polar surface area (TPSA) is 63.7 Å². The van der Waals surface area contributed by atoms with Crippen LogP contribution in [0.1, 0.15) is 22.8 Å². The van der Waals surface area contributed by atoms with Crippen LogP contribution in [0.5, 0.6) is 0 Å². The molecule has 0 radical (unpaired) electrons. The molecule has 1 heterocycles. The number of anilines is 1. The Kier molecular flexibility index (Phi) is 3.54. The number of aryl methyl sites for hydroxylation is 1. The first-order valence-electron chi connectivity index (χ1n) is 6.10. The first-order chi connectivity index (χ1) is 8.90. The maximum absolute atomic E-state index is 12.1. The number of carbonyl (C=O) groups excluding carboxylic acids is 1. The van der Waals surface area contributed by atoms with Crippen molar-refractivity contribution in [2.75, 3.05) is 31.4 Å². The highest BCUT2D eigenvalue weighted by Gasteiger charge is 2.29. The molecule has 2 rings (SSSR count). The van der Waals surface area contributed by atoms with Crippen LogP contribution in [-0.2, 0) is 21.0 Å². The van der Waals surface area contributed by atoms with Crippen LogP contribution in [0, 0.1) is 0 Å². The van der Waals surface area contributed by atoms with E-state index >= 15 is 0 Å². The fourth-order valence-electron chi connectivity index (χ4n) is 2.24. The Morgan fingerprint density at radius 1 is 1.42 bits per heavy atom. The van der Waals surface area contributed by atoms with E-state index in [0.717, 1.165) is 5.56 Å². The number of sulfone groups is 1. The number of benzene rings is 1. The second kappa shape index (κ2) is 4.85. The summed E-state index contributed by atoms with van der Waals surface area (Å²) in [5.41, 5.74) is 1.80. The summed E-state index contributed by atoms with van der Waals surface area (Å²) in [7, 11) is -0.168. The minimum atomic E-state index is -3.31. The summed E-state index contributed by atoms with van der Waals surface area (Å²) in [5.74, 6) is -0.425. The second-order valence-electron chi connectivity index (χ2n) is 4.56. The summed E-state index contributed by atoms with van der Waals surface area (Å²) < 4.78 is 28.9. The zero-order chi connectivity index (χ0) is 14.2. The number of esters is 1. The van der Waals surface area contributed by atoms with Gasteiger partial charge in [0, 0.05) is 13.6 Å². The van der Waals surface area contributed by atoms with Gasteiger partial charge in [0.1, 0.15) is 0 Å². The summed E-state index contributed by atoms with van der Waals surface area (Å²) >= 11 is 0. The van der Waals surface area contributed by atoms with Gasteiger partial charge >= 0.3 is 5.97 Å². The molecule has 5 nitrogen and oxygen atoms in total. The quantitative estimate of drug-likeness (QED) is 0.765. The summed E-state index contributed by atoms with van der Waals surface area (Å²) in [6.07, 6.45) is 0.644. The normalized spacial score (nSPS) is 16.9. The molecule has 0 bridgehead atoms. The monoisotopic (exact) mass is 283 g/mol. The Hall–Kier alpha value is -1.56. The first kappa shape index (κ1) is 13.9. The van der Waals surface area contributed by atoms with E-state index in [0.29, 0.717) is 24.2 Å². The molecule has 6 heteroatoms. The molecular formula is C13H17NO4S. The van der Waals surface area contributed by atoms with Crippen molar-refractivity contribution < 1.29 is 17.9 Å². The molecule has 0 aliphatic carbocycles. The lowest BCUT2D eigenvalue weighted by Crippen LogP contribution is -2.32. The van der Waals surface area contributed by atoms with Crippen molar-refractivity contribution in [3.05, 3.63) is 23.3 Å². The Labute approximate surface area is 113 Å². The third-order valence-corrected chi connectivity index (χ3v) is 5.13. The van der Waals surface area contributed by atoms with Gasteiger partial charge in [-0.05, 0) is 24.1 Å². The molecule has 19 heavy (non-hydrogen) atoms. The van der Waals surface area contributed by atoms with Gasteiger partial charge in [-0.25, -0.2) is 13.2 Å². The van der Waals surface area contributed by atoms with E-state index in [1.54, 1.807) is 6.07 Å². The van der Waals surface area contributed by atoms with E-state index in [4.69, 9.17) is 4.74 Å². The van der Waals surface area contributed by atoms with Crippen LogP contribution in [-0.4, -0.2) is 40.8 Å². The molecule has 0 N–H and O–H groups in total. The average molecular weight is 283 g/mol.